The molecule has 0 saturated carbocycles. The first-order chi connectivity index (χ1) is 5.63. The zero-order valence-electron chi connectivity index (χ0n) is 7.97. The predicted octanol–water partition coefficient (Wildman–Crippen LogP) is 2.49. The number of thiophene rings is 1. The summed E-state index contributed by atoms with van der Waals surface area (Å²) in [6.45, 7) is 7.79. The number of hydrogen-bond acceptors (Lipinski definition) is 2. The SMILES string of the molecule is CC.Cc1csc(C)c1C(N)=O. The van der Waals surface area contributed by atoms with E-state index in [4.69, 9.17) is 5.73 Å². The monoisotopic (exact) mass is 185 g/mol. The minimum Gasteiger partial charge on any atom is -0.366 e. The average Bonchev–Trinajstić information content (AvgIpc) is 2.35. The fourth-order valence-electron chi connectivity index (χ4n) is 0.940. The second-order valence-electron chi connectivity index (χ2n) is 2.21. The Morgan fingerprint density at radius 3 is 2.08 bits per heavy atom. The molecule has 12 heavy (non-hydrogen) atoms. The Kier molecular flexibility index (Phi) is 4.59. The second-order valence-corrected chi connectivity index (χ2v) is 3.30. The summed E-state index contributed by atoms with van der Waals surface area (Å²) >= 11 is 1.56. The van der Waals surface area contributed by atoms with Gasteiger partial charge >= 0.3 is 0 Å². The topological polar surface area (TPSA) is 43.1 Å². The van der Waals surface area contributed by atoms with Crippen molar-refractivity contribution >= 4 is 17.2 Å². The van der Waals surface area contributed by atoms with Crippen LogP contribution in [0.1, 0.15) is 34.6 Å². The first-order valence-corrected chi connectivity index (χ1v) is 4.85. The second kappa shape index (κ2) is 4.93. The van der Waals surface area contributed by atoms with Crippen LogP contribution in [0.25, 0.3) is 0 Å². The van der Waals surface area contributed by atoms with Crippen molar-refractivity contribution < 1.29 is 4.79 Å². The predicted molar refractivity (Wildman–Crippen MR) is 53.7 cm³/mol. The lowest BCUT2D eigenvalue weighted by Crippen LogP contribution is -2.12. The molecule has 1 amide bonds. The highest BCUT2D eigenvalue weighted by molar-refractivity contribution is 7.10. The molecular formula is C9H15NOS. The fraction of sp³-hybridized carbons (Fsp3) is 0.444. The molecule has 0 unspecified atom stereocenters. The van der Waals surface area contributed by atoms with E-state index in [0.29, 0.717) is 5.56 Å². The molecule has 0 aliphatic carbocycles. The molecule has 0 aliphatic heterocycles. The van der Waals surface area contributed by atoms with Gasteiger partial charge < -0.3 is 5.73 Å². The third-order valence-corrected chi connectivity index (χ3v) is 2.43. The van der Waals surface area contributed by atoms with Crippen molar-refractivity contribution in [1.29, 1.82) is 0 Å². The molecule has 1 aromatic rings. The van der Waals surface area contributed by atoms with Crippen molar-refractivity contribution in [1.82, 2.24) is 0 Å². The van der Waals surface area contributed by atoms with Crippen LogP contribution >= 0.6 is 11.3 Å². The van der Waals surface area contributed by atoms with E-state index in [1.165, 1.54) is 0 Å². The maximum atomic E-state index is 10.7. The Bertz CT molecular complexity index is 246. The van der Waals surface area contributed by atoms with E-state index >= 15 is 0 Å². The maximum absolute atomic E-state index is 10.7. The zero-order chi connectivity index (χ0) is 9.72. The number of carbonyl (C=O) groups is 1. The Morgan fingerprint density at radius 1 is 1.42 bits per heavy atom. The van der Waals surface area contributed by atoms with E-state index in [1.807, 2.05) is 33.1 Å². The fourth-order valence-corrected chi connectivity index (χ4v) is 1.79. The first kappa shape index (κ1) is 11.2. The smallest absolute Gasteiger partial charge is 0.250 e. The lowest BCUT2D eigenvalue weighted by atomic mass is 10.2. The van der Waals surface area contributed by atoms with Gasteiger partial charge in [0.2, 0.25) is 5.91 Å². The van der Waals surface area contributed by atoms with Gasteiger partial charge in [0.05, 0.1) is 5.56 Å². The van der Waals surface area contributed by atoms with Gasteiger partial charge in [-0.2, -0.15) is 0 Å². The standard InChI is InChI=1S/C7H9NOS.C2H6/c1-4-3-10-5(2)6(4)7(8)9;1-2/h3H,1-2H3,(H2,8,9);1-2H3. The number of amides is 1. The van der Waals surface area contributed by atoms with Crippen LogP contribution in [0.2, 0.25) is 0 Å². The van der Waals surface area contributed by atoms with Gasteiger partial charge in [-0.15, -0.1) is 11.3 Å². The summed E-state index contributed by atoms with van der Waals surface area (Å²) in [5.41, 5.74) is 6.79. The molecule has 0 fully saturated rings. The van der Waals surface area contributed by atoms with Crippen molar-refractivity contribution in [3.63, 3.8) is 0 Å². The number of hydrogen-bond donors (Lipinski definition) is 1. The molecule has 0 saturated heterocycles. The summed E-state index contributed by atoms with van der Waals surface area (Å²) in [5.74, 6) is -0.323. The molecule has 0 radical (unpaired) electrons. The normalized spacial score (nSPS) is 8.67. The molecule has 0 spiro atoms. The van der Waals surface area contributed by atoms with E-state index in [2.05, 4.69) is 0 Å². The summed E-state index contributed by atoms with van der Waals surface area (Å²) in [7, 11) is 0. The molecule has 2 N–H and O–H groups in total. The molecule has 0 atom stereocenters. The molecule has 0 aliphatic rings. The third kappa shape index (κ3) is 2.34. The van der Waals surface area contributed by atoms with E-state index in [-0.39, 0.29) is 5.91 Å². The lowest BCUT2D eigenvalue weighted by molar-refractivity contribution is 0.0999. The van der Waals surface area contributed by atoms with Crippen molar-refractivity contribution in [3.05, 3.63) is 21.4 Å². The van der Waals surface area contributed by atoms with E-state index in [0.717, 1.165) is 10.4 Å². The summed E-state index contributed by atoms with van der Waals surface area (Å²) < 4.78 is 0. The van der Waals surface area contributed by atoms with E-state index < -0.39 is 0 Å². The van der Waals surface area contributed by atoms with Gasteiger partial charge in [-0.05, 0) is 24.8 Å². The van der Waals surface area contributed by atoms with Crippen LogP contribution in [0.3, 0.4) is 0 Å². The van der Waals surface area contributed by atoms with Crippen molar-refractivity contribution in [2.24, 2.45) is 5.73 Å². The molecule has 0 aromatic carbocycles. The molecule has 1 rings (SSSR count). The van der Waals surface area contributed by atoms with Gasteiger partial charge in [-0.25, -0.2) is 0 Å². The van der Waals surface area contributed by atoms with Crippen LogP contribution in [0.4, 0.5) is 0 Å². The summed E-state index contributed by atoms with van der Waals surface area (Å²) in [4.78, 5) is 11.7. The molecule has 68 valence electrons. The van der Waals surface area contributed by atoms with Crippen molar-refractivity contribution in [2.45, 2.75) is 27.7 Å². The largest absolute Gasteiger partial charge is 0.366 e. The van der Waals surface area contributed by atoms with Crippen LogP contribution < -0.4 is 5.73 Å². The Labute approximate surface area is 77.4 Å². The van der Waals surface area contributed by atoms with Gasteiger partial charge in [0.1, 0.15) is 0 Å². The summed E-state index contributed by atoms with van der Waals surface area (Å²) in [6, 6.07) is 0. The van der Waals surface area contributed by atoms with Gasteiger partial charge in [0, 0.05) is 4.88 Å². The number of carbonyl (C=O) groups excluding carboxylic acids is 1. The Hall–Kier alpha value is -0.830. The van der Waals surface area contributed by atoms with Crippen molar-refractivity contribution in [2.75, 3.05) is 0 Å². The number of aryl methyl sites for hydroxylation is 2. The Balaban J connectivity index is 0.000000561. The number of primary amides is 1. The van der Waals surface area contributed by atoms with Crippen molar-refractivity contribution in [3.8, 4) is 0 Å². The molecule has 3 heteroatoms. The highest BCUT2D eigenvalue weighted by Crippen LogP contribution is 2.19. The lowest BCUT2D eigenvalue weighted by Gasteiger charge is -1.92. The highest BCUT2D eigenvalue weighted by atomic mass is 32.1. The van der Waals surface area contributed by atoms with Crippen LogP contribution in [0, 0.1) is 13.8 Å². The quantitative estimate of drug-likeness (QED) is 0.717. The van der Waals surface area contributed by atoms with Crippen LogP contribution in [0.15, 0.2) is 5.38 Å². The maximum Gasteiger partial charge on any atom is 0.250 e. The molecular weight excluding hydrogens is 170 g/mol. The summed E-state index contributed by atoms with van der Waals surface area (Å²) in [5, 5.41) is 1.94. The van der Waals surface area contributed by atoms with E-state index in [1.54, 1.807) is 11.3 Å². The highest BCUT2D eigenvalue weighted by Gasteiger charge is 2.08. The van der Waals surface area contributed by atoms with E-state index in [9.17, 15) is 4.79 Å². The van der Waals surface area contributed by atoms with Gasteiger partial charge in [0.15, 0.2) is 0 Å². The van der Waals surface area contributed by atoms with Gasteiger partial charge in [0.25, 0.3) is 0 Å². The van der Waals surface area contributed by atoms with Crippen LogP contribution in [-0.2, 0) is 0 Å². The molecule has 0 bridgehead atoms. The van der Waals surface area contributed by atoms with Gasteiger partial charge in [-0.1, -0.05) is 13.8 Å². The molecule has 1 aromatic heterocycles. The molecule has 2 nitrogen and oxygen atoms in total. The van der Waals surface area contributed by atoms with Gasteiger partial charge in [-0.3, -0.25) is 4.79 Å². The minimum absolute atomic E-state index is 0.323. The third-order valence-electron chi connectivity index (χ3n) is 1.41. The number of rotatable bonds is 1. The molecule has 1 heterocycles. The number of nitrogens with two attached hydrogens (primary N) is 1. The van der Waals surface area contributed by atoms with Crippen LogP contribution in [0.5, 0.6) is 0 Å². The zero-order valence-corrected chi connectivity index (χ0v) is 8.79. The Morgan fingerprint density at radius 2 is 1.92 bits per heavy atom. The minimum atomic E-state index is -0.323. The average molecular weight is 185 g/mol. The first-order valence-electron chi connectivity index (χ1n) is 3.97. The summed E-state index contributed by atoms with van der Waals surface area (Å²) in [6.07, 6.45) is 0. The van der Waals surface area contributed by atoms with Crippen LogP contribution in [-0.4, -0.2) is 5.91 Å².